The maximum absolute atomic E-state index is 13.1. The van der Waals surface area contributed by atoms with Crippen LogP contribution in [0, 0.1) is 11.6 Å². The van der Waals surface area contributed by atoms with E-state index in [1.165, 1.54) is 0 Å². The Kier molecular flexibility index (Phi) is 2.08. The van der Waals surface area contributed by atoms with Gasteiger partial charge in [0.25, 0.3) is 0 Å². The van der Waals surface area contributed by atoms with Gasteiger partial charge in [-0.2, -0.15) is 0 Å². The minimum Gasteiger partial charge on any atom is -0.475 e. The summed E-state index contributed by atoms with van der Waals surface area (Å²) < 4.78 is 26.1. The van der Waals surface area contributed by atoms with Crippen molar-refractivity contribution in [3.63, 3.8) is 0 Å². The van der Waals surface area contributed by atoms with Crippen molar-refractivity contribution in [1.29, 1.82) is 0 Å². The van der Waals surface area contributed by atoms with E-state index in [1.54, 1.807) is 0 Å². The molecule has 7 heteroatoms. The number of benzene rings is 1. The molecule has 0 bridgehead atoms. The Morgan fingerprint density at radius 3 is 2.73 bits per heavy atom. The topological polar surface area (TPSA) is 66.0 Å². The summed E-state index contributed by atoms with van der Waals surface area (Å²) in [6.07, 6.45) is 0. The fourth-order valence-corrected chi connectivity index (χ4v) is 1.36. The second-order valence-corrected chi connectivity index (χ2v) is 3.15. The Labute approximate surface area is 86.5 Å². The zero-order valence-electron chi connectivity index (χ0n) is 7.01. The summed E-state index contributed by atoms with van der Waals surface area (Å²) in [7, 11) is 0. The first-order valence-corrected chi connectivity index (χ1v) is 4.15. The summed E-state index contributed by atoms with van der Waals surface area (Å²) >= 11 is 5.51. The number of hydrogen-bond acceptors (Lipinski definition) is 2. The van der Waals surface area contributed by atoms with Gasteiger partial charge in [-0.1, -0.05) is 11.6 Å². The molecule has 0 amide bonds. The summed E-state index contributed by atoms with van der Waals surface area (Å²) in [5, 5.41) is 8.20. The lowest BCUT2D eigenvalue weighted by Crippen LogP contribution is -1.97. The predicted octanol–water partition coefficient (Wildman–Crippen LogP) is 2.19. The maximum atomic E-state index is 13.1. The third-order valence-electron chi connectivity index (χ3n) is 1.82. The summed E-state index contributed by atoms with van der Waals surface area (Å²) in [4.78, 5) is 16.2. The lowest BCUT2D eigenvalue weighted by Gasteiger charge is -1.95. The zero-order valence-corrected chi connectivity index (χ0v) is 7.77. The Hall–Kier alpha value is -1.69. The van der Waals surface area contributed by atoms with Gasteiger partial charge in [0.1, 0.15) is 16.4 Å². The predicted molar refractivity (Wildman–Crippen MR) is 48.0 cm³/mol. The molecular weight excluding hydrogens is 230 g/mol. The number of rotatable bonds is 1. The number of aromatic amines is 1. The van der Waals surface area contributed by atoms with Crippen LogP contribution in [0.15, 0.2) is 6.07 Å². The molecule has 15 heavy (non-hydrogen) atoms. The van der Waals surface area contributed by atoms with Crippen molar-refractivity contribution in [2.24, 2.45) is 0 Å². The molecule has 0 spiro atoms. The molecule has 4 nitrogen and oxygen atoms in total. The minimum atomic E-state index is -1.37. The van der Waals surface area contributed by atoms with Gasteiger partial charge in [-0.05, 0) is 0 Å². The fourth-order valence-electron chi connectivity index (χ4n) is 1.17. The number of carbonyl (C=O) groups is 1. The first kappa shape index (κ1) is 9.85. The first-order chi connectivity index (χ1) is 7.00. The van der Waals surface area contributed by atoms with Crippen molar-refractivity contribution in [3.8, 4) is 0 Å². The van der Waals surface area contributed by atoms with E-state index in [-0.39, 0.29) is 16.1 Å². The number of carboxylic acid groups (broad SMARTS) is 1. The molecule has 0 saturated carbocycles. The number of carboxylic acids is 1. The van der Waals surface area contributed by atoms with Gasteiger partial charge in [-0.3, -0.25) is 0 Å². The Morgan fingerprint density at radius 1 is 1.47 bits per heavy atom. The summed E-state index contributed by atoms with van der Waals surface area (Å²) in [6.45, 7) is 0. The van der Waals surface area contributed by atoms with Gasteiger partial charge in [0.2, 0.25) is 5.82 Å². The number of halogens is 3. The molecule has 78 valence electrons. The quantitative estimate of drug-likeness (QED) is 0.741. The van der Waals surface area contributed by atoms with Gasteiger partial charge in [0, 0.05) is 6.07 Å². The van der Waals surface area contributed by atoms with E-state index in [9.17, 15) is 13.6 Å². The lowest BCUT2D eigenvalue weighted by atomic mass is 10.3. The average Bonchev–Trinajstić information content (AvgIpc) is 2.59. The van der Waals surface area contributed by atoms with Crippen molar-refractivity contribution in [2.75, 3.05) is 0 Å². The number of fused-ring (bicyclic) bond motifs is 1. The summed E-state index contributed by atoms with van der Waals surface area (Å²) in [5.41, 5.74) is -0.453. The van der Waals surface area contributed by atoms with E-state index in [0.717, 1.165) is 0 Å². The Balaban J connectivity index is 2.85. The molecule has 1 aromatic carbocycles. The van der Waals surface area contributed by atoms with Gasteiger partial charge in [-0.15, -0.1) is 0 Å². The summed E-state index contributed by atoms with van der Waals surface area (Å²) in [6, 6.07) is 0.553. The van der Waals surface area contributed by atoms with Crippen LogP contribution in [-0.4, -0.2) is 21.0 Å². The smallest absolute Gasteiger partial charge is 0.371 e. The van der Waals surface area contributed by atoms with Gasteiger partial charge in [-0.25, -0.2) is 18.6 Å². The molecule has 0 aliphatic rings. The van der Waals surface area contributed by atoms with Crippen LogP contribution in [0.3, 0.4) is 0 Å². The number of H-pyrrole nitrogens is 1. The monoisotopic (exact) mass is 232 g/mol. The zero-order chi connectivity index (χ0) is 11.2. The van der Waals surface area contributed by atoms with Gasteiger partial charge < -0.3 is 10.1 Å². The van der Waals surface area contributed by atoms with Crippen LogP contribution in [0.25, 0.3) is 11.0 Å². The second kappa shape index (κ2) is 3.16. The van der Waals surface area contributed by atoms with Gasteiger partial charge in [0.05, 0.1) is 5.52 Å². The Morgan fingerprint density at radius 2 is 2.13 bits per heavy atom. The maximum Gasteiger partial charge on any atom is 0.371 e. The van der Waals surface area contributed by atoms with Gasteiger partial charge in [0.15, 0.2) is 5.82 Å². The minimum absolute atomic E-state index is 0.161. The normalized spacial score (nSPS) is 10.9. The number of aromatic carboxylic acids is 1. The third-order valence-corrected chi connectivity index (χ3v) is 2.18. The number of nitrogens with one attached hydrogen (secondary N) is 1. The van der Waals surface area contributed by atoms with Crippen LogP contribution in [0.4, 0.5) is 8.78 Å². The molecule has 0 saturated heterocycles. The average molecular weight is 233 g/mol. The molecule has 0 radical (unpaired) electrons. The van der Waals surface area contributed by atoms with E-state index in [2.05, 4.69) is 9.97 Å². The molecule has 0 aliphatic carbocycles. The highest BCUT2D eigenvalue weighted by molar-refractivity contribution is 6.35. The van der Waals surface area contributed by atoms with Crippen molar-refractivity contribution >= 4 is 28.6 Å². The van der Waals surface area contributed by atoms with E-state index in [4.69, 9.17) is 16.7 Å². The number of aromatic nitrogens is 2. The highest BCUT2D eigenvalue weighted by Gasteiger charge is 2.17. The van der Waals surface area contributed by atoms with Crippen LogP contribution in [0.1, 0.15) is 10.6 Å². The molecule has 0 unspecified atom stereocenters. The number of nitrogens with zero attached hydrogens (tertiary/aromatic N) is 1. The number of hydrogen-bond donors (Lipinski definition) is 2. The standard InChI is InChI=1S/C8H3ClF2N2O2/c9-4-2(10)1-3(11)5-6(4)13-7(12-5)8(14)15/h1H,(H,12,13)(H,14,15). The fraction of sp³-hybridized carbons (Fsp3) is 0. The van der Waals surface area contributed by atoms with E-state index in [0.29, 0.717) is 6.07 Å². The van der Waals surface area contributed by atoms with Gasteiger partial charge >= 0.3 is 5.97 Å². The van der Waals surface area contributed by atoms with Crippen LogP contribution in [-0.2, 0) is 0 Å². The number of imidazole rings is 1. The molecule has 1 heterocycles. The van der Waals surface area contributed by atoms with Crippen molar-refractivity contribution in [3.05, 3.63) is 28.5 Å². The van der Waals surface area contributed by atoms with Crippen LogP contribution < -0.4 is 0 Å². The SMILES string of the molecule is O=C(O)c1nc2c(F)cc(F)c(Cl)c2[nH]1. The molecule has 2 N–H and O–H groups in total. The molecular formula is C8H3ClF2N2O2. The van der Waals surface area contributed by atoms with Crippen LogP contribution in [0.2, 0.25) is 5.02 Å². The van der Waals surface area contributed by atoms with Crippen LogP contribution >= 0.6 is 11.6 Å². The molecule has 0 atom stereocenters. The summed E-state index contributed by atoms with van der Waals surface area (Å²) in [5.74, 6) is -3.80. The van der Waals surface area contributed by atoms with Crippen molar-refractivity contribution < 1.29 is 18.7 Å². The van der Waals surface area contributed by atoms with Crippen molar-refractivity contribution in [2.45, 2.75) is 0 Å². The third kappa shape index (κ3) is 1.42. The second-order valence-electron chi connectivity index (χ2n) is 2.77. The first-order valence-electron chi connectivity index (χ1n) is 3.77. The lowest BCUT2D eigenvalue weighted by molar-refractivity contribution is 0.0685. The molecule has 1 aromatic heterocycles. The van der Waals surface area contributed by atoms with E-state index in [1.807, 2.05) is 0 Å². The largest absolute Gasteiger partial charge is 0.475 e. The molecule has 2 rings (SSSR count). The molecule has 0 fully saturated rings. The highest BCUT2D eigenvalue weighted by atomic mass is 35.5. The van der Waals surface area contributed by atoms with E-state index >= 15 is 0 Å². The van der Waals surface area contributed by atoms with Crippen LogP contribution in [0.5, 0.6) is 0 Å². The molecule has 0 aliphatic heterocycles. The molecule has 2 aromatic rings. The van der Waals surface area contributed by atoms with E-state index < -0.39 is 23.4 Å². The highest BCUT2D eigenvalue weighted by Crippen LogP contribution is 2.26. The van der Waals surface area contributed by atoms with Crippen molar-refractivity contribution in [1.82, 2.24) is 9.97 Å². The Bertz CT molecular complexity index is 567.